The molecule has 1 aromatic rings. The van der Waals surface area contributed by atoms with Crippen molar-refractivity contribution in [1.82, 2.24) is 10.2 Å². The summed E-state index contributed by atoms with van der Waals surface area (Å²) in [6.45, 7) is 8.01. The maximum atomic E-state index is 3.66. The van der Waals surface area contributed by atoms with Crippen LogP contribution in [0, 0.1) is 0 Å². The Morgan fingerprint density at radius 3 is 2.65 bits per heavy atom. The van der Waals surface area contributed by atoms with Gasteiger partial charge in [-0.3, -0.25) is 4.90 Å². The molecule has 17 heavy (non-hydrogen) atoms. The van der Waals surface area contributed by atoms with E-state index in [1.807, 2.05) is 0 Å². The minimum absolute atomic E-state index is 0.484. The van der Waals surface area contributed by atoms with E-state index < -0.39 is 0 Å². The summed E-state index contributed by atoms with van der Waals surface area (Å²) in [5.41, 5.74) is 1.40. The Labute approximate surface area is 113 Å². The highest BCUT2D eigenvalue weighted by Gasteiger charge is 2.28. The Balaban J connectivity index is 2.15. The van der Waals surface area contributed by atoms with E-state index in [-0.39, 0.29) is 0 Å². The summed E-state index contributed by atoms with van der Waals surface area (Å²) in [5, 5.41) is 3.37. The maximum Gasteiger partial charge on any atom is 0.0351 e. The molecule has 1 aromatic carbocycles. The zero-order valence-corrected chi connectivity index (χ0v) is 12.2. The molecule has 1 N–H and O–H groups in total. The van der Waals surface area contributed by atoms with Crippen LogP contribution in [0.15, 0.2) is 28.7 Å². The molecule has 0 aliphatic carbocycles. The van der Waals surface area contributed by atoms with Gasteiger partial charge in [-0.05, 0) is 31.5 Å². The summed E-state index contributed by atoms with van der Waals surface area (Å²) in [4.78, 5) is 2.62. The standard InChI is InChI=1S/C14H21BrN2/c1-3-8-17(12-9-16-10-12)11(2)13-6-4-5-7-14(13)15/h4-7,11-12,16H,3,8-10H2,1-2H3. The Kier molecular flexibility index (Phi) is 4.60. The largest absolute Gasteiger partial charge is 0.314 e. The van der Waals surface area contributed by atoms with Gasteiger partial charge in [0, 0.05) is 29.6 Å². The average Bonchev–Trinajstić information content (AvgIpc) is 2.26. The lowest BCUT2D eigenvalue weighted by atomic mass is 10.0. The van der Waals surface area contributed by atoms with Crippen molar-refractivity contribution in [2.45, 2.75) is 32.4 Å². The third-order valence-electron chi connectivity index (χ3n) is 3.56. The monoisotopic (exact) mass is 296 g/mol. The van der Waals surface area contributed by atoms with E-state index in [4.69, 9.17) is 0 Å². The van der Waals surface area contributed by atoms with Crippen LogP contribution in [0.4, 0.5) is 0 Å². The molecule has 3 heteroatoms. The third kappa shape index (κ3) is 2.90. The number of nitrogens with zero attached hydrogens (tertiary/aromatic N) is 1. The van der Waals surface area contributed by atoms with Gasteiger partial charge >= 0.3 is 0 Å². The first-order chi connectivity index (χ1) is 8.24. The zero-order valence-electron chi connectivity index (χ0n) is 10.6. The van der Waals surface area contributed by atoms with Gasteiger partial charge in [0.25, 0.3) is 0 Å². The molecule has 1 aliphatic heterocycles. The molecule has 1 aliphatic rings. The van der Waals surface area contributed by atoms with Gasteiger partial charge in [-0.2, -0.15) is 0 Å². The number of hydrogen-bond acceptors (Lipinski definition) is 2. The van der Waals surface area contributed by atoms with Crippen LogP contribution < -0.4 is 5.32 Å². The van der Waals surface area contributed by atoms with E-state index in [0.29, 0.717) is 12.1 Å². The van der Waals surface area contributed by atoms with Crippen LogP contribution >= 0.6 is 15.9 Å². The van der Waals surface area contributed by atoms with E-state index in [9.17, 15) is 0 Å². The second kappa shape index (κ2) is 5.98. The summed E-state index contributed by atoms with van der Waals surface area (Å²) in [5.74, 6) is 0. The van der Waals surface area contributed by atoms with Crippen LogP contribution in [0.25, 0.3) is 0 Å². The van der Waals surface area contributed by atoms with Crippen LogP contribution in [0.1, 0.15) is 31.9 Å². The minimum atomic E-state index is 0.484. The Hall–Kier alpha value is -0.380. The fourth-order valence-corrected chi connectivity index (χ4v) is 3.07. The predicted molar refractivity (Wildman–Crippen MR) is 76.2 cm³/mol. The molecule has 0 saturated carbocycles. The topological polar surface area (TPSA) is 15.3 Å². The molecule has 1 saturated heterocycles. The number of rotatable bonds is 5. The van der Waals surface area contributed by atoms with Gasteiger partial charge in [0.05, 0.1) is 0 Å². The van der Waals surface area contributed by atoms with Crippen molar-refractivity contribution in [3.8, 4) is 0 Å². The molecule has 94 valence electrons. The lowest BCUT2D eigenvalue weighted by molar-refractivity contribution is 0.102. The summed E-state index contributed by atoms with van der Waals surface area (Å²) in [6.07, 6.45) is 1.21. The van der Waals surface area contributed by atoms with Crippen LogP contribution in [0.5, 0.6) is 0 Å². The highest BCUT2D eigenvalue weighted by molar-refractivity contribution is 9.10. The molecule has 1 heterocycles. The van der Waals surface area contributed by atoms with Crippen molar-refractivity contribution < 1.29 is 0 Å². The number of hydrogen-bond donors (Lipinski definition) is 1. The van der Waals surface area contributed by atoms with E-state index in [2.05, 4.69) is 64.3 Å². The van der Waals surface area contributed by atoms with E-state index in [0.717, 1.165) is 13.1 Å². The van der Waals surface area contributed by atoms with Gasteiger partial charge < -0.3 is 5.32 Å². The van der Waals surface area contributed by atoms with E-state index in [1.165, 1.54) is 23.0 Å². The number of nitrogens with one attached hydrogen (secondary N) is 1. The third-order valence-corrected chi connectivity index (χ3v) is 4.29. The lowest BCUT2D eigenvalue weighted by Gasteiger charge is -2.42. The second-order valence-corrected chi connectivity index (χ2v) is 5.60. The molecule has 1 fully saturated rings. The van der Waals surface area contributed by atoms with Gasteiger partial charge in [-0.1, -0.05) is 41.1 Å². The highest BCUT2D eigenvalue weighted by atomic mass is 79.9. The molecule has 0 radical (unpaired) electrons. The quantitative estimate of drug-likeness (QED) is 0.898. The van der Waals surface area contributed by atoms with Crippen molar-refractivity contribution in [3.63, 3.8) is 0 Å². The molecular weight excluding hydrogens is 276 g/mol. The fourth-order valence-electron chi connectivity index (χ4n) is 2.45. The smallest absolute Gasteiger partial charge is 0.0351 e. The van der Waals surface area contributed by atoms with Crippen LogP contribution in [-0.2, 0) is 0 Å². The maximum absolute atomic E-state index is 3.66. The Morgan fingerprint density at radius 1 is 1.41 bits per heavy atom. The number of halogens is 1. The minimum Gasteiger partial charge on any atom is -0.314 e. The van der Waals surface area contributed by atoms with Gasteiger partial charge in [-0.15, -0.1) is 0 Å². The van der Waals surface area contributed by atoms with Gasteiger partial charge in [0.1, 0.15) is 0 Å². The fraction of sp³-hybridized carbons (Fsp3) is 0.571. The summed E-state index contributed by atoms with van der Waals surface area (Å²) < 4.78 is 1.22. The van der Waals surface area contributed by atoms with Crippen molar-refractivity contribution in [2.75, 3.05) is 19.6 Å². The Bertz CT molecular complexity index is 363. The first-order valence-electron chi connectivity index (χ1n) is 6.45. The summed E-state index contributed by atoms with van der Waals surface area (Å²) >= 11 is 3.66. The Morgan fingerprint density at radius 2 is 2.12 bits per heavy atom. The molecule has 2 rings (SSSR count). The van der Waals surface area contributed by atoms with Crippen molar-refractivity contribution in [1.29, 1.82) is 0 Å². The number of benzene rings is 1. The highest BCUT2D eigenvalue weighted by Crippen LogP contribution is 2.29. The molecule has 2 nitrogen and oxygen atoms in total. The molecule has 0 spiro atoms. The summed E-state index contributed by atoms with van der Waals surface area (Å²) in [7, 11) is 0. The molecule has 0 aromatic heterocycles. The predicted octanol–water partition coefficient (Wildman–Crippen LogP) is 3.19. The first kappa shape index (κ1) is 13.1. The van der Waals surface area contributed by atoms with Crippen molar-refractivity contribution >= 4 is 15.9 Å². The second-order valence-electron chi connectivity index (χ2n) is 4.75. The van der Waals surface area contributed by atoms with Gasteiger partial charge in [-0.25, -0.2) is 0 Å². The van der Waals surface area contributed by atoms with E-state index >= 15 is 0 Å². The van der Waals surface area contributed by atoms with Crippen LogP contribution in [-0.4, -0.2) is 30.6 Å². The first-order valence-corrected chi connectivity index (χ1v) is 7.24. The molecule has 1 atom stereocenters. The normalized spacial score (nSPS) is 18.1. The van der Waals surface area contributed by atoms with Crippen molar-refractivity contribution in [3.05, 3.63) is 34.3 Å². The summed E-state index contributed by atoms with van der Waals surface area (Å²) in [6, 6.07) is 9.75. The molecule has 0 amide bonds. The van der Waals surface area contributed by atoms with Crippen LogP contribution in [0.2, 0.25) is 0 Å². The van der Waals surface area contributed by atoms with E-state index in [1.54, 1.807) is 0 Å². The van der Waals surface area contributed by atoms with Gasteiger partial charge in [0.15, 0.2) is 0 Å². The van der Waals surface area contributed by atoms with Gasteiger partial charge in [0.2, 0.25) is 0 Å². The zero-order chi connectivity index (χ0) is 12.3. The van der Waals surface area contributed by atoms with Crippen LogP contribution in [0.3, 0.4) is 0 Å². The average molecular weight is 297 g/mol. The molecule has 0 bridgehead atoms. The lowest BCUT2D eigenvalue weighted by Crippen LogP contribution is -2.57. The van der Waals surface area contributed by atoms with Crippen molar-refractivity contribution in [2.24, 2.45) is 0 Å². The SMILES string of the molecule is CCCN(C1CNC1)C(C)c1ccccc1Br. The molecule has 1 unspecified atom stereocenters. The molecular formula is C14H21BrN2.